The molecule has 0 aromatic heterocycles. The van der Waals surface area contributed by atoms with Gasteiger partial charge in [0, 0.05) is 11.4 Å². The van der Waals surface area contributed by atoms with E-state index in [-0.39, 0.29) is 0 Å². The third-order valence-electron chi connectivity index (χ3n) is 3.98. The number of hydrogen-bond acceptors (Lipinski definition) is 2. The lowest BCUT2D eigenvalue weighted by Crippen LogP contribution is -2.20. The van der Waals surface area contributed by atoms with E-state index < -0.39 is 20.5 Å². The Bertz CT molecular complexity index is 780. The summed E-state index contributed by atoms with van der Waals surface area (Å²) in [4.78, 5) is 0. The van der Waals surface area contributed by atoms with Crippen LogP contribution >= 0.6 is 7.67 Å². The van der Waals surface area contributed by atoms with Crippen LogP contribution in [0.15, 0.2) is 36.4 Å². The molecule has 142 valence electrons. The molecule has 8 heteroatoms. The summed E-state index contributed by atoms with van der Waals surface area (Å²) in [6.07, 6.45) is -4.59. The molecule has 2 aromatic rings. The highest BCUT2D eigenvalue weighted by molar-refractivity contribution is 7.62. The van der Waals surface area contributed by atoms with Crippen LogP contribution in [0.1, 0.15) is 22.3 Å². The van der Waals surface area contributed by atoms with Crippen LogP contribution in [0.25, 0.3) is 0 Å². The predicted octanol–water partition coefficient (Wildman–Crippen LogP) is 6.13. The van der Waals surface area contributed by atoms with E-state index in [4.69, 9.17) is 4.52 Å². The van der Waals surface area contributed by atoms with Gasteiger partial charge in [-0.25, -0.2) is 4.57 Å². The Morgan fingerprint density at radius 1 is 0.846 bits per heavy atom. The van der Waals surface area contributed by atoms with Crippen molar-refractivity contribution in [2.75, 3.05) is 16.8 Å². The zero-order valence-corrected chi connectivity index (χ0v) is 16.0. The van der Waals surface area contributed by atoms with Crippen LogP contribution in [0.4, 0.5) is 24.5 Å². The first-order valence-electron chi connectivity index (χ1n) is 8.00. The highest BCUT2D eigenvalue weighted by Crippen LogP contribution is 2.48. The lowest BCUT2D eigenvalue weighted by Gasteiger charge is -2.23. The predicted molar refractivity (Wildman–Crippen MR) is 98.7 cm³/mol. The minimum absolute atomic E-state index is 0.412. The van der Waals surface area contributed by atoms with Gasteiger partial charge in [-0.1, -0.05) is 12.1 Å². The molecule has 2 rings (SSSR count). The average Bonchev–Trinajstić information content (AvgIpc) is 2.52. The minimum atomic E-state index is -4.59. The van der Waals surface area contributed by atoms with Gasteiger partial charge < -0.3 is 0 Å². The molecule has 0 unspecified atom stereocenters. The first-order valence-corrected chi connectivity index (χ1v) is 9.62. The molecular formula is C18H22F3N2O2P. The number of benzene rings is 2. The molecule has 0 aliphatic heterocycles. The number of halogens is 3. The Kier molecular flexibility index (Phi) is 6.04. The highest BCUT2D eigenvalue weighted by Gasteiger charge is 2.34. The molecule has 0 heterocycles. The third-order valence-corrected chi connectivity index (χ3v) is 5.57. The smallest absolute Gasteiger partial charge is 0.299 e. The largest absolute Gasteiger partial charge is 0.412 e. The zero-order valence-electron chi connectivity index (χ0n) is 15.1. The number of nitrogens with one attached hydrogen (secondary N) is 2. The van der Waals surface area contributed by atoms with Gasteiger partial charge in [-0.3, -0.25) is 14.7 Å². The Morgan fingerprint density at radius 2 is 1.27 bits per heavy atom. The topological polar surface area (TPSA) is 50.4 Å². The maximum Gasteiger partial charge on any atom is 0.412 e. The molecule has 0 saturated heterocycles. The molecule has 0 radical (unpaired) electrons. The molecule has 2 N–H and O–H groups in total. The molecule has 0 saturated carbocycles. The van der Waals surface area contributed by atoms with E-state index in [1.807, 2.05) is 27.7 Å². The van der Waals surface area contributed by atoms with Gasteiger partial charge in [0.25, 0.3) is 0 Å². The number of alkyl halides is 3. The van der Waals surface area contributed by atoms with Crippen molar-refractivity contribution < 1.29 is 22.3 Å². The third kappa shape index (κ3) is 5.78. The van der Waals surface area contributed by atoms with Crippen LogP contribution in [0.5, 0.6) is 0 Å². The van der Waals surface area contributed by atoms with Crippen LogP contribution < -0.4 is 10.2 Å². The van der Waals surface area contributed by atoms with Crippen molar-refractivity contribution >= 4 is 19.0 Å². The van der Waals surface area contributed by atoms with Crippen molar-refractivity contribution in [2.45, 2.75) is 33.9 Å². The van der Waals surface area contributed by atoms with Gasteiger partial charge in [0.2, 0.25) is 0 Å². The molecule has 0 aliphatic rings. The number of aryl methyl sites for hydroxylation is 4. The minimum Gasteiger partial charge on any atom is -0.299 e. The first-order chi connectivity index (χ1) is 12.0. The Morgan fingerprint density at radius 3 is 1.62 bits per heavy atom. The van der Waals surface area contributed by atoms with E-state index in [1.54, 1.807) is 36.4 Å². The van der Waals surface area contributed by atoms with Crippen LogP contribution in [-0.4, -0.2) is 12.8 Å². The lowest BCUT2D eigenvalue weighted by molar-refractivity contribution is -0.153. The van der Waals surface area contributed by atoms with Crippen LogP contribution in [0.2, 0.25) is 0 Å². The average molecular weight is 386 g/mol. The molecule has 26 heavy (non-hydrogen) atoms. The van der Waals surface area contributed by atoms with Gasteiger partial charge >= 0.3 is 13.8 Å². The van der Waals surface area contributed by atoms with Gasteiger partial charge in [0.05, 0.1) is 0 Å². The molecule has 0 amide bonds. The molecular weight excluding hydrogens is 364 g/mol. The first kappa shape index (κ1) is 20.3. The van der Waals surface area contributed by atoms with Gasteiger partial charge in [0.15, 0.2) is 6.61 Å². The van der Waals surface area contributed by atoms with E-state index in [0.29, 0.717) is 11.4 Å². The number of hydrogen-bond donors (Lipinski definition) is 2. The monoisotopic (exact) mass is 386 g/mol. The van der Waals surface area contributed by atoms with Crippen molar-refractivity contribution in [3.8, 4) is 0 Å². The molecule has 0 fully saturated rings. The van der Waals surface area contributed by atoms with Crippen molar-refractivity contribution in [3.05, 3.63) is 58.7 Å². The fourth-order valence-electron chi connectivity index (χ4n) is 2.22. The van der Waals surface area contributed by atoms with E-state index in [0.717, 1.165) is 22.3 Å². The van der Waals surface area contributed by atoms with E-state index in [2.05, 4.69) is 10.2 Å². The number of rotatable bonds is 6. The Labute approximate surface area is 151 Å². The van der Waals surface area contributed by atoms with Crippen LogP contribution in [-0.2, 0) is 9.09 Å². The lowest BCUT2D eigenvalue weighted by atomic mass is 10.1. The maximum absolute atomic E-state index is 13.0. The fourth-order valence-corrected chi connectivity index (χ4v) is 3.69. The molecule has 0 aliphatic carbocycles. The highest BCUT2D eigenvalue weighted by atomic mass is 31.2. The van der Waals surface area contributed by atoms with E-state index in [9.17, 15) is 17.7 Å². The van der Waals surface area contributed by atoms with Crippen molar-refractivity contribution in [3.63, 3.8) is 0 Å². The van der Waals surface area contributed by atoms with Gasteiger partial charge in [-0.2, -0.15) is 13.2 Å². The van der Waals surface area contributed by atoms with E-state index >= 15 is 0 Å². The van der Waals surface area contributed by atoms with Gasteiger partial charge in [-0.15, -0.1) is 0 Å². The van der Waals surface area contributed by atoms with Gasteiger partial charge in [-0.05, 0) is 74.2 Å². The fraction of sp³-hybridized carbons (Fsp3) is 0.333. The van der Waals surface area contributed by atoms with Crippen LogP contribution in [0.3, 0.4) is 0 Å². The zero-order chi connectivity index (χ0) is 19.5. The SMILES string of the molecule is Cc1ccc(NP(=O)(Nc2ccc(C)c(C)c2)OCC(F)(F)F)cc1C. The van der Waals surface area contributed by atoms with Crippen LogP contribution in [0, 0.1) is 27.7 Å². The molecule has 0 atom stereocenters. The second kappa shape index (κ2) is 7.72. The molecule has 2 aromatic carbocycles. The summed E-state index contributed by atoms with van der Waals surface area (Å²) < 4.78 is 55.6. The maximum atomic E-state index is 13.0. The Balaban J connectivity index is 2.29. The van der Waals surface area contributed by atoms with Crippen molar-refractivity contribution in [2.24, 2.45) is 0 Å². The summed E-state index contributed by atoms with van der Waals surface area (Å²) in [7, 11) is -4.05. The number of anilines is 2. The summed E-state index contributed by atoms with van der Waals surface area (Å²) >= 11 is 0. The van der Waals surface area contributed by atoms with Crippen molar-refractivity contribution in [1.29, 1.82) is 0 Å². The standard InChI is InChI=1S/C18H22F3N2O2P/c1-12-5-7-16(9-14(12)3)22-26(24,25-11-18(19,20)21)23-17-8-6-13(2)15(4)10-17/h5-10H,11H2,1-4H3,(H2,22,23,24). The van der Waals surface area contributed by atoms with Gasteiger partial charge in [0.1, 0.15) is 0 Å². The molecule has 0 bridgehead atoms. The molecule has 0 spiro atoms. The summed E-state index contributed by atoms with van der Waals surface area (Å²) in [5, 5.41) is 5.20. The summed E-state index contributed by atoms with van der Waals surface area (Å²) in [5.74, 6) is 0. The van der Waals surface area contributed by atoms with Crippen molar-refractivity contribution in [1.82, 2.24) is 0 Å². The molecule has 4 nitrogen and oxygen atoms in total. The summed E-state index contributed by atoms with van der Waals surface area (Å²) in [6.45, 7) is 5.91. The summed E-state index contributed by atoms with van der Waals surface area (Å²) in [5.41, 5.74) is 4.70. The second-order valence-corrected chi connectivity index (χ2v) is 8.07. The summed E-state index contributed by atoms with van der Waals surface area (Å²) in [6, 6.07) is 10.3. The Hall–Kier alpha value is -1.98. The second-order valence-electron chi connectivity index (χ2n) is 6.26. The quantitative estimate of drug-likeness (QED) is 0.586. The normalized spacial score (nSPS) is 12.1. The van der Waals surface area contributed by atoms with E-state index in [1.165, 1.54) is 0 Å².